The van der Waals surface area contributed by atoms with Gasteiger partial charge in [0.2, 0.25) is 0 Å². The molecule has 1 heterocycles. The Labute approximate surface area is 137 Å². The lowest BCUT2D eigenvalue weighted by atomic mass is 10.2. The lowest BCUT2D eigenvalue weighted by Gasteiger charge is -2.07. The molecule has 20 heavy (non-hydrogen) atoms. The van der Waals surface area contributed by atoms with E-state index in [0.29, 0.717) is 10.3 Å². The number of hydrogen-bond donors (Lipinski definition) is 1. The third-order valence-electron chi connectivity index (χ3n) is 2.97. The topological polar surface area (TPSA) is 44.5 Å². The van der Waals surface area contributed by atoms with Crippen LogP contribution in [0.3, 0.4) is 0 Å². The molecule has 2 aromatic carbocycles. The molecule has 0 saturated heterocycles. The maximum atomic E-state index is 9.29. The second kappa shape index (κ2) is 5.17. The third-order valence-corrected chi connectivity index (χ3v) is 4.24. The van der Waals surface area contributed by atoms with E-state index in [2.05, 4.69) is 42.9 Å². The van der Waals surface area contributed by atoms with E-state index in [4.69, 9.17) is 12.2 Å². The molecule has 0 bridgehead atoms. The van der Waals surface area contributed by atoms with E-state index in [0.717, 1.165) is 25.7 Å². The van der Waals surface area contributed by atoms with Gasteiger partial charge in [-0.25, -0.2) is 0 Å². The van der Waals surface area contributed by atoms with E-state index in [1.165, 1.54) is 0 Å². The molecular formula is C14H7Br2N3S. The number of imidazole rings is 1. The molecule has 3 nitrogen and oxygen atoms in total. The highest BCUT2D eigenvalue weighted by Gasteiger charge is 2.11. The molecule has 0 spiro atoms. The van der Waals surface area contributed by atoms with E-state index >= 15 is 0 Å². The average Bonchev–Trinajstić information content (AvgIpc) is 2.74. The van der Waals surface area contributed by atoms with Gasteiger partial charge in [0.25, 0.3) is 0 Å². The molecule has 0 aliphatic rings. The standard InChI is InChI=1S/C14H7Br2N3S/c15-9-2-1-8(7-17)12(5-9)19-13-6-10(16)3-4-11(13)18-14(19)20/h1-6H,(H,18,20). The van der Waals surface area contributed by atoms with Crippen LogP contribution in [0.25, 0.3) is 16.7 Å². The first-order chi connectivity index (χ1) is 9.60. The molecule has 0 aliphatic heterocycles. The second-order valence-corrected chi connectivity index (χ2v) is 6.42. The fourth-order valence-corrected chi connectivity index (χ4v) is 3.10. The second-order valence-electron chi connectivity index (χ2n) is 4.20. The Morgan fingerprint density at radius 3 is 2.55 bits per heavy atom. The van der Waals surface area contributed by atoms with Crippen molar-refractivity contribution in [1.29, 1.82) is 5.26 Å². The van der Waals surface area contributed by atoms with Crippen molar-refractivity contribution >= 4 is 55.1 Å². The highest BCUT2D eigenvalue weighted by molar-refractivity contribution is 9.10. The number of nitrogens with zero attached hydrogens (tertiary/aromatic N) is 2. The Bertz CT molecular complexity index is 918. The smallest absolute Gasteiger partial charge is 0.182 e. The van der Waals surface area contributed by atoms with E-state index < -0.39 is 0 Å². The van der Waals surface area contributed by atoms with Crippen LogP contribution in [0.5, 0.6) is 0 Å². The van der Waals surface area contributed by atoms with Gasteiger partial charge in [0, 0.05) is 8.95 Å². The number of halogens is 2. The summed E-state index contributed by atoms with van der Waals surface area (Å²) < 4.78 is 4.30. The molecule has 0 amide bonds. The monoisotopic (exact) mass is 407 g/mol. The van der Waals surface area contributed by atoms with E-state index in [-0.39, 0.29) is 0 Å². The van der Waals surface area contributed by atoms with Crippen LogP contribution in [0.2, 0.25) is 0 Å². The minimum Gasteiger partial charge on any atom is -0.330 e. The average molecular weight is 409 g/mol. The van der Waals surface area contributed by atoms with Crippen molar-refractivity contribution in [3.8, 4) is 11.8 Å². The predicted molar refractivity (Wildman–Crippen MR) is 88.6 cm³/mol. The van der Waals surface area contributed by atoms with Crippen LogP contribution in [-0.2, 0) is 0 Å². The summed E-state index contributed by atoms with van der Waals surface area (Å²) >= 11 is 12.3. The number of rotatable bonds is 1. The highest BCUT2D eigenvalue weighted by atomic mass is 79.9. The molecule has 1 N–H and O–H groups in total. The summed E-state index contributed by atoms with van der Waals surface area (Å²) in [6, 6.07) is 13.6. The van der Waals surface area contributed by atoms with Gasteiger partial charge in [-0.1, -0.05) is 31.9 Å². The van der Waals surface area contributed by atoms with Crippen molar-refractivity contribution in [2.24, 2.45) is 0 Å². The van der Waals surface area contributed by atoms with Crippen LogP contribution >= 0.6 is 44.1 Å². The molecule has 0 atom stereocenters. The molecule has 0 fully saturated rings. The molecule has 3 rings (SSSR count). The number of H-pyrrole nitrogens is 1. The highest BCUT2D eigenvalue weighted by Crippen LogP contribution is 2.26. The van der Waals surface area contributed by atoms with E-state index in [9.17, 15) is 5.26 Å². The van der Waals surface area contributed by atoms with Crippen molar-refractivity contribution in [1.82, 2.24) is 9.55 Å². The predicted octanol–water partition coefficient (Wildman–Crippen LogP) is 5.08. The van der Waals surface area contributed by atoms with Gasteiger partial charge in [-0.05, 0) is 48.6 Å². The Hall–Kier alpha value is -1.42. The van der Waals surface area contributed by atoms with Gasteiger partial charge in [-0.2, -0.15) is 5.26 Å². The number of aromatic nitrogens is 2. The molecule has 0 radical (unpaired) electrons. The Morgan fingerprint density at radius 1 is 1.10 bits per heavy atom. The quantitative estimate of drug-likeness (QED) is 0.570. The summed E-state index contributed by atoms with van der Waals surface area (Å²) in [5.41, 5.74) is 3.20. The Kier molecular flexibility index (Phi) is 3.50. The summed E-state index contributed by atoms with van der Waals surface area (Å²) in [4.78, 5) is 3.16. The van der Waals surface area contributed by atoms with Crippen LogP contribution in [0, 0.1) is 16.1 Å². The number of hydrogen-bond acceptors (Lipinski definition) is 2. The van der Waals surface area contributed by atoms with E-state index in [1.54, 1.807) is 6.07 Å². The number of nitriles is 1. The molecule has 0 aliphatic carbocycles. The lowest BCUT2D eigenvalue weighted by molar-refractivity contribution is 1.06. The zero-order chi connectivity index (χ0) is 14.3. The molecular weight excluding hydrogens is 402 g/mol. The normalized spacial score (nSPS) is 10.7. The van der Waals surface area contributed by atoms with Gasteiger partial charge in [0.1, 0.15) is 6.07 Å². The van der Waals surface area contributed by atoms with Gasteiger partial charge in [-0.3, -0.25) is 4.57 Å². The number of benzene rings is 2. The zero-order valence-corrected chi connectivity index (χ0v) is 14.0. The van der Waals surface area contributed by atoms with Crippen LogP contribution in [0.4, 0.5) is 0 Å². The van der Waals surface area contributed by atoms with Crippen molar-refractivity contribution in [3.63, 3.8) is 0 Å². The maximum Gasteiger partial charge on any atom is 0.182 e. The van der Waals surface area contributed by atoms with Crippen molar-refractivity contribution < 1.29 is 0 Å². The van der Waals surface area contributed by atoms with E-state index in [1.807, 2.05) is 34.9 Å². The summed E-state index contributed by atoms with van der Waals surface area (Å²) in [5, 5.41) is 9.29. The number of aromatic amines is 1. The Balaban J connectivity index is 2.44. The Morgan fingerprint density at radius 2 is 1.80 bits per heavy atom. The van der Waals surface area contributed by atoms with Crippen LogP contribution in [0.1, 0.15) is 5.56 Å². The van der Waals surface area contributed by atoms with Crippen LogP contribution < -0.4 is 0 Å². The summed E-state index contributed by atoms with van der Waals surface area (Å²) in [7, 11) is 0. The fraction of sp³-hybridized carbons (Fsp3) is 0. The molecule has 98 valence electrons. The van der Waals surface area contributed by atoms with Gasteiger partial charge in [0.05, 0.1) is 22.3 Å². The molecule has 0 saturated carbocycles. The lowest BCUT2D eigenvalue weighted by Crippen LogP contribution is -1.97. The first-order valence-electron chi connectivity index (χ1n) is 5.70. The maximum absolute atomic E-state index is 9.29. The largest absolute Gasteiger partial charge is 0.330 e. The number of fused-ring (bicyclic) bond motifs is 1. The molecule has 1 aromatic heterocycles. The summed E-state index contributed by atoms with van der Waals surface area (Å²) in [6.45, 7) is 0. The number of nitrogens with one attached hydrogen (secondary N) is 1. The van der Waals surface area contributed by atoms with Gasteiger partial charge in [0.15, 0.2) is 4.77 Å². The van der Waals surface area contributed by atoms with Crippen LogP contribution in [0.15, 0.2) is 45.3 Å². The first kappa shape index (κ1) is 13.6. The van der Waals surface area contributed by atoms with Crippen molar-refractivity contribution in [3.05, 3.63) is 55.7 Å². The first-order valence-corrected chi connectivity index (χ1v) is 7.70. The minimum absolute atomic E-state index is 0.563. The molecule has 0 unspecified atom stereocenters. The molecule has 6 heteroatoms. The van der Waals surface area contributed by atoms with Crippen molar-refractivity contribution in [2.75, 3.05) is 0 Å². The molecule has 3 aromatic rings. The third kappa shape index (κ3) is 2.22. The van der Waals surface area contributed by atoms with Crippen molar-refractivity contribution in [2.45, 2.75) is 0 Å². The summed E-state index contributed by atoms with van der Waals surface area (Å²) in [6.07, 6.45) is 0. The van der Waals surface area contributed by atoms with Gasteiger partial charge < -0.3 is 4.98 Å². The summed E-state index contributed by atoms with van der Waals surface area (Å²) in [5.74, 6) is 0. The van der Waals surface area contributed by atoms with Gasteiger partial charge >= 0.3 is 0 Å². The fourth-order valence-electron chi connectivity index (χ4n) is 2.10. The van der Waals surface area contributed by atoms with Crippen LogP contribution in [-0.4, -0.2) is 9.55 Å². The minimum atomic E-state index is 0.563. The zero-order valence-electron chi connectivity index (χ0n) is 10.0. The SMILES string of the molecule is N#Cc1ccc(Br)cc1-n1c(=S)[nH]c2ccc(Br)cc21. The van der Waals surface area contributed by atoms with Gasteiger partial charge in [-0.15, -0.1) is 0 Å².